The normalized spacial score (nSPS) is 12.3. The molecule has 0 saturated heterocycles. The number of rotatable bonds is 13. The number of benzene rings is 3. The fraction of sp³-hybridized carbons (Fsp3) is 0.387. The van der Waals surface area contributed by atoms with Crippen molar-refractivity contribution in [3.05, 3.63) is 101 Å². The summed E-state index contributed by atoms with van der Waals surface area (Å²) in [5.41, 5.74) is 3.50. The van der Waals surface area contributed by atoms with Gasteiger partial charge < -0.3 is 9.84 Å². The number of hydrogen-bond acceptors (Lipinski definition) is 3. The molecule has 0 aliphatic heterocycles. The van der Waals surface area contributed by atoms with Crippen molar-refractivity contribution in [2.75, 3.05) is 6.54 Å². The maximum Gasteiger partial charge on any atom is 0.335 e. The van der Waals surface area contributed by atoms with E-state index in [4.69, 9.17) is 4.74 Å². The summed E-state index contributed by atoms with van der Waals surface area (Å²) in [6, 6.07) is 26.7. The lowest BCUT2D eigenvalue weighted by Gasteiger charge is -2.30. The van der Waals surface area contributed by atoms with Crippen LogP contribution in [-0.4, -0.2) is 34.6 Å². The molecule has 1 N–H and O–H groups in total. The van der Waals surface area contributed by atoms with Crippen molar-refractivity contribution in [2.24, 2.45) is 0 Å². The number of carboxylic acid groups (broad SMARTS) is 1. The summed E-state index contributed by atoms with van der Waals surface area (Å²) < 4.78 is 6.27. The molecule has 0 bridgehead atoms. The van der Waals surface area contributed by atoms with Crippen molar-refractivity contribution in [2.45, 2.75) is 71.6 Å². The van der Waals surface area contributed by atoms with Crippen LogP contribution in [0.5, 0.6) is 5.75 Å². The van der Waals surface area contributed by atoms with Crippen molar-refractivity contribution in [3.8, 4) is 5.75 Å². The van der Waals surface area contributed by atoms with Crippen LogP contribution in [0.3, 0.4) is 0 Å². The molecular formula is C31H39NO3. The van der Waals surface area contributed by atoms with Crippen molar-refractivity contribution >= 4 is 5.97 Å². The second kappa shape index (κ2) is 13.1. The fourth-order valence-corrected chi connectivity index (χ4v) is 4.76. The van der Waals surface area contributed by atoms with Gasteiger partial charge in [0.15, 0.2) is 0 Å². The fourth-order valence-electron chi connectivity index (χ4n) is 4.76. The summed E-state index contributed by atoms with van der Waals surface area (Å²) >= 11 is 0. The van der Waals surface area contributed by atoms with Crippen molar-refractivity contribution in [1.82, 2.24) is 4.90 Å². The Morgan fingerprint density at radius 1 is 0.857 bits per heavy atom. The molecule has 0 aliphatic rings. The SMILES string of the molecule is CC(C)N(CCCC[C@H](c1ccccc1)c1cc(C(=O)O)ccc1OCc1ccccc1)C(C)C. The molecule has 0 radical (unpaired) electrons. The number of carboxylic acids is 1. The lowest BCUT2D eigenvalue weighted by molar-refractivity contribution is 0.0696. The van der Waals surface area contributed by atoms with Gasteiger partial charge in [0, 0.05) is 23.6 Å². The molecule has 0 aromatic heterocycles. The summed E-state index contributed by atoms with van der Waals surface area (Å²) in [5, 5.41) is 9.69. The number of nitrogens with zero attached hydrogens (tertiary/aromatic N) is 1. The number of hydrogen-bond donors (Lipinski definition) is 1. The summed E-state index contributed by atoms with van der Waals surface area (Å²) in [4.78, 5) is 14.3. The third kappa shape index (κ3) is 7.69. The number of aromatic carboxylic acids is 1. The van der Waals surface area contributed by atoms with Crippen LogP contribution in [0.4, 0.5) is 0 Å². The van der Waals surface area contributed by atoms with Gasteiger partial charge in [0.1, 0.15) is 12.4 Å². The molecule has 3 aromatic rings. The molecule has 0 heterocycles. The predicted molar refractivity (Wildman–Crippen MR) is 143 cm³/mol. The van der Waals surface area contributed by atoms with Gasteiger partial charge in [0.25, 0.3) is 0 Å². The Kier molecular flexibility index (Phi) is 9.92. The molecule has 4 nitrogen and oxygen atoms in total. The average molecular weight is 474 g/mol. The van der Waals surface area contributed by atoms with Crippen molar-refractivity contribution in [1.29, 1.82) is 0 Å². The van der Waals surface area contributed by atoms with Gasteiger partial charge in [0.05, 0.1) is 5.56 Å². The topological polar surface area (TPSA) is 49.8 Å². The van der Waals surface area contributed by atoms with Crippen LogP contribution in [0, 0.1) is 0 Å². The average Bonchev–Trinajstić information content (AvgIpc) is 2.85. The molecule has 0 unspecified atom stereocenters. The van der Waals surface area contributed by atoms with E-state index in [-0.39, 0.29) is 5.92 Å². The minimum absolute atomic E-state index is 0.0628. The first-order valence-corrected chi connectivity index (χ1v) is 12.7. The van der Waals surface area contributed by atoms with Crippen LogP contribution in [0.1, 0.15) is 79.9 Å². The lowest BCUT2D eigenvalue weighted by Crippen LogP contribution is -2.37. The van der Waals surface area contributed by atoms with Crippen molar-refractivity contribution < 1.29 is 14.6 Å². The molecule has 35 heavy (non-hydrogen) atoms. The maximum absolute atomic E-state index is 11.8. The Balaban J connectivity index is 1.86. The van der Waals surface area contributed by atoms with E-state index in [1.165, 1.54) is 5.56 Å². The van der Waals surface area contributed by atoms with E-state index in [0.717, 1.165) is 42.7 Å². The van der Waals surface area contributed by atoms with Gasteiger partial charge in [-0.15, -0.1) is 0 Å². The van der Waals surface area contributed by atoms with Gasteiger partial charge >= 0.3 is 5.97 Å². The number of unbranched alkanes of at least 4 members (excludes halogenated alkanes) is 1. The van der Waals surface area contributed by atoms with Crippen LogP contribution in [0.25, 0.3) is 0 Å². The molecule has 0 saturated carbocycles. The van der Waals surface area contributed by atoms with Crippen LogP contribution in [-0.2, 0) is 6.61 Å². The molecule has 186 valence electrons. The van der Waals surface area contributed by atoms with E-state index in [1.807, 2.05) is 54.6 Å². The zero-order chi connectivity index (χ0) is 25.2. The minimum atomic E-state index is -0.919. The third-order valence-corrected chi connectivity index (χ3v) is 6.56. The zero-order valence-corrected chi connectivity index (χ0v) is 21.5. The van der Waals surface area contributed by atoms with Crippen LogP contribution < -0.4 is 4.74 Å². The van der Waals surface area contributed by atoms with E-state index in [0.29, 0.717) is 24.3 Å². The van der Waals surface area contributed by atoms with E-state index < -0.39 is 5.97 Å². The molecule has 1 atom stereocenters. The molecular weight excluding hydrogens is 434 g/mol. The van der Waals surface area contributed by atoms with Gasteiger partial charge in [0.2, 0.25) is 0 Å². The van der Waals surface area contributed by atoms with Crippen molar-refractivity contribution in [3.63, 3.8) is 0 Å². The van der Waals surface area contributed by atoms with E-state index >= 15 is 0 Å². The summed E-state index contributed by atoms with van der Waals surface area (Å²) in [6.07, 6.45) is 3.07. The second-order valence-electron chi connectivity index (χ2n) is 9.72. The predicted octanol–water partition coefficient (Wildman–Crippen LogP) is 7.38. The molecule has 0 spiro atoms. The summed E-state index contributed by atoms with van der Waals surface area (Å²) in [6.45, 7) is 10.5. The van der Waals surface area contributed by atoms with Gasteiger partial charge in [-0.25, -0.2) is 4.79 Å². The highest BCUT2D eigenvalue weighted by Gasteiger charge is 2.21. The highest BCUT2D eigenvalue weighted by Crippen LogP contribution is 2.37. The highest BCUT2D eigenvalue weighted by molar-refractivity contribution is 5.88. The summed E-state index contributed by atoms with van der Waals surface area (Å²) in [7, 11) is 0. The summed E-state index contributed by atoms with van der Waals surface area (Å²) in [5.74, 6) is -0.108. The van der Waals surface area contributed by atoms with E-state index in [1.54, 1.807) is 12.1 Å². The molecule has 0 amide bonds. The Labute approximate surface area is 210 Å². The quantitative estimate of drug-likeness (QED) is 0.263. The molecule has 0 fully saturated rings. The lowest BCUT2D eigenvalue weighted by atomic mass is 9.85. The van der Waals surface area contributed by atoms with Gasteiger partial charge in [-0.1, -0.05) is 67.1 Å². The first-order chi connectivity index (χ1) is 16.9. The molecule has 4 heteroatoms. The second-order valence-corrected chi connectivity index (χ2v) is 9.72. The Morgan fingerprint density at radius 3 is 2.09 bits per heavy atom. The maximum atomic E-state index is 11.8. The van der Waals surface area contributed by atoms with Gasteiger partial charge in [-0.3, -0.25) is 4.90 Å². The van der Waals surface area contributed by atoms with Crippen LogP contribution in [0.15, 0.2) is 78.9 Å². The van der Waals surface area contributed by atoms with E-state index in [2.05, 4.69) is 44.7 Å². The van der Waals surface area contributed by atoms with Crippen LogP contribution in [0.2, 0.25) is 0 Å². The first-order valence-electron chi connectivity index (χ1n) is 12.7. The zero-order valence-electron chi connectivity index (χ0n) is 21.5. The van der Waals surface area contributed by atoms with Gasteiger partial charge in [-0.2, -0.15) is 0 Å². The number of ether oxygens (including phenoxy) is 1. The largest absolute Gasteiger partial charge is 0.489 e. The first kappa shape index (κ1) is 26.5. The smallest absolute Gasteiger partial charge is 0.335 e. The molecule has 3 aromatic carbocycles. The Morgan fingerprint density at radius 2 is 1.49 bits per heavy atom. The minimum Gasteiger partial charge on any atom is -0.489 e. The standard InChI is InChI=1S/C31H39NO3/c1-23(2)32(24(3)4)20-12-11-17-28(26-15-9-6-10-16-26)29-21-27(31(33)34)18-19-30(29)35-22-25-13-7-5-8-14-25/h5-10,13-16,18-19,21,23-24,28H,11-12,17,20,22H2,1-4H3,(H,33,34)/t28-/m1/s1. The molecule has 0 aliphatic carbocycles. The molecule has 3 rings (SSSR count). The van der Waals surface area contributed by atoms with Crippen LogP contribution >= 0.6 is 0 Å². The van der Waals surface area contributed by atoms with Gasteiger partial charge in [-0.05, 0) is 76.4 Å². The highest BCUT2D eigenvalue weighted by atomic mass is 16.5. The number of carbonyl (C=O) groups is 1. The third-order valence-electron chi connectivity index (χ3n) is 6.56. The monoisotopic (exact) mass is 473 g/mol. The Hall–Kier alpha value is -3.11. The van der Waals surface area contributed by atoms with E-state index in [9.17, 15) is 9.90 Å². The Bertz CT molecular complexity index is 1040.